The van der Waals surface area contributed by atoms with Crippen LogP contribution in [0.5, 0.6) is 0 Å². The average Bonchev–Trinajstić information content (AvgIpc) is 2.81. The maximum Gasteiger partial charge on any atom is 0.0959 e. The number of hydrogen-bond donors (Lipinski definition) is 1. The second-order valence-corrected chi connectivity index (χ2v) is 5.88. The molecule has 88 valence electrons. The topological polar surface area (TPSA) is 34.2 Å². The number of thiazole rings is 1. The zero-order valence-electron chi connectivity index (χ0n) is 9.45. The number of rotatable bonds is 4. The number of nitrogens with one attached hydrogen (secondary N) is 1. The van der Waals surface area contributed by atoms with E-state index >= 15 is 0 Å². The first-order valence-electron chi connectivity index (χ1n) is 6.17. The van der Waals surface area contributed by atoms with Crippen molar-refractivity contribution in [3.8, 4) is 0 Å². The third kappa shape index (κ3) is 2.29. The molecule has 1 aromatic rings. The van der Waals surface area contributed by atoms with Gasteiger partial charge in [-0.3, -0.25) is 0 Å². The minimum atomic E-state index is 0.550. The smallest absolute Gasteiger partial charge is 0.0959 e. The standard InChI is InChI=1S/C12H18N2OS/c1-2-9(3-1)12-14-7-11(16-12)6-13-10-4-5-15-8-10/h7,9-10,13H,1-6,8H2. The van der Waals surface area contributed by atoms with E-state index < -0.39 is 0 Å². The number of aromatic nitrogens is 1. The molecule has 0 radical (unpaired) electrons. The molecule has 0 bridgehead atoms. The first-order chi connectivity index (χ1) is 7.92. The van der Waals surface area contributed by atoms with Gasteiger partial charge < -0.3 is 10.1 Å². The molecular formula is C12H18N2OS. The molecule has 0 amide bonds. The second-order valence-electron chi connectivity index (χ2n) is 4.73. The Bertz CT molecular complexity index is 343. The zero-order valence-corrected chi connectivity index (χ0v) is 10.3. The molecule has 1 saturated carbocycles. The van der Waals surface area contributed by atoms with Crippen LogP contribution in [-0.4, -0.2) is 24.2 Å². The first kappa shape index (κ1) is 10.7. The Morgan fingerprint density at radius 2 is 2.38 bits per heavy atom. The Morgan fingerprint density at radius 3 is 3.06 bits per heavy atom. The molecule has 1 atom stereocenters. The van der Waals surface area contributed by atoms with Crippen molar-refractivity contribution >= 4 is 11.3 Å². The first-order valence-corrected chi connectivity index (χ1v) is 6.99. The van der Waals surface area contributed by atoms with Crippen LogP contribution in [0.4, 0.5) is 0 Å². The molecule has 1 aromatic heterocycles. The molecule has 3 nitrogen and oxygen atoms in total. The third-order valence-corrected chi connectivity index (χ3v) is 4.68. The summed E-state index contributed by atoms with van der Waals surface area (Å²) in [6.45, 7) is 2.74. The lowest BCUT2D eigenvalue weighted by molar-refractivity contribution is 0.190. The minimum absolute atomic E-state index is 0.550. The fraction of sp³-hybridized carbons (Fsp3) is 0.750. The molecule has 1 unspecified atom stereocenters. The zero-order chi connectivity index (χ0) is 10.8. The highest BCUT2D eigenvalue weighted by Crippen LogP contribution is 2.38. The van der Waals surface area contributed by atoms with E-state index in [1.807, 2.05) is 17.5 Å². The van der Waals surface area contributed by atoms with E-state index in [0.29, 0.717) is 6.04 Å². The summed E-state index contributed by atoms with van der Waals surface area (Å²) < 4.78 is 5.34. The molecule has 1 aliphatic heterocycles. The van der Waals surface area contributed by atoms with Crippen molar-refractivity contribution in [2.45, 2.75) is 44.2 Å². The number of hydrogen-bond acceptors (Lipinski definition) is 4. The van der Waals surface area contributed by atoms with Gasteiger partial charge in [0.05, 0.1) is 11.6 Å². The van der Waals surface area contributed by atoms with E-state index in [9.17, 15) is 0 Å². The van der Waals surface area contributed by atoms with Crippen molar-refractivity contribution in [3.63, 3.8) is 0 Å². The molecule has 3 rings (SSSR count). The van der Waals surface area contributed by atoms with Crippen LogP contribution in [0.25, 0.3) is 0 Å². The molecule has 2 heterocycles. The van der Waals surface area contributed by atoms with Crippen molar-refractivity contribution in [3.05, 3.63) is 16.1 Å². The highest BCUT2D eigenvalue weighted by Gasteiger charge is 2.22. The van der Waals surface area contributed by atoms with Crippen LogP contribution in [0.3, 0.4) is 0 Å². The summed E-state index contributed by atoms with van der Waals surface area (Å²) in [5.41, 5.74) is 0. The summed E-state index contributed by atoms with van der Waals surface area (Å²) in [5.74, 6) is 0.772. The molecule has 0 aromatic carbocycles. The van der Waals surface area contributed by atoms with E-state index in [0.717, 1.165) is 32.1 Å². The molecule has 1 saturated heterocycles. The summed E-state index contributed by atoms with van der Waals surface area (Å²) in [6, 6.07) is 0.550. The maximum absolute atomic E-state index is 5.34. The monoisotopic (exact) mass is 238 g/mol. The van der Waals surface area contributed by atoms with Gasteiger partial charge in [0.25, 0.3) is 0 Å². The van der Waals surface area contributed by atoms with E-state index in [4.69, 9.17) is 4.74 Å². The molecule has 1 aliphatic carbocycles. The summed E-state index contributed by atoms with van der Waals surface area (Å²) in [4.78, 5) is 5.90. The van der Waals surface area contributed by atoms with Gasteiger partial charge in [-0.1, -0.05) is 6.42 Å². The van der Waals surface area contributed by atoms with Crippen molar-refractivity contribution in [2.24, 2.45) is 0 Å². The minimum Gasteiger partial charge on any atom is -0.380 e. The molecule has 1 N–H and O–H groups in total. The van der Waals surface area contributed by atoms with Gasteiger partial charge in [-0.15, -0.1) is 11.3 Å². The molecule has 2 aliphatic rings. The second kappa shape index (κ2) is 4.82. The lowest BCUT2D eigenvalue weighted by Gasteiger charge is -2.22. The van der Waals surface area contributed by atoms with Crippen LogP contribution in [0.1, 0.15) is 41.5 Å². The normalized spacial score (nSPS) is 25.9. The Kier molecular flexibility index (Phi) is 3.22. The van der Waals surface area contributed by atoms with Crippen molar-refractivity contribution in [1.82, 2.24) is 10.3 Å². The van der Waals surface area contributed by atoms with Crippen LogP contribution in [-0.2, 0) is 11.3 Å². The molecular weight excluding hydrogens is 220 g/mol. The fourth-order valence-corrected chi connectivity index (χ4v) is 3.23. The Labute approximate surface area is 100 Å². The van der Waals surface area contributed by atoms with Crippen LogP contribution in [0, 0.1) is 0 Å². The molecule has 0 spiro atoms. The van der Waals surface area contributed by atoms with E-state index in [1.165, 1.54) is 29.1 Å². The van der Waals surface area contributed by atoms with Gasteiger partial charge in [0.2, 0.25) is 0 Å². The van der Waals surface area contributed by atoms with Crippen molar-refractivity contribution in [2.75, 3.05) is 13.2 Å². The van der Waals surface area contributed by atoms with Crippen LogP contribution < -0.4 is 5.32 Å². The van der Waals surface area contributed by atoms with Gasteiger partial charge in [-0.2, -0.15) is 0 Å². The van der Waals surface area contributed by atoms with Crippen molar-refractivity contribution in [1.29, 1.82) is 0 Å². The highest BCUT2D eigenvalue weighted by atomic mass is 32.1. The summed E-state index contributed by atoms with van der Waals surface area (Å²) >= 11 is 1.89. The van der Waals surface area contributed by atoms with Crippen molar-refractivity contribution < 1.29 is 4.74 Å². The van der Waals surface area contributed by atoms with Gasteiger partial charge in [0.15, 0.2) is 0 Å². The number of ether oxygens (including phenoxy) is 1. The fourth-order valence-electron chi connectivity index (χ4n) is 2.19. The maximum atomic E-state index is 5.34. The lowest BCUT2D eigenvalue weighted by atomic mass is 9.86. The highest BCUT2D eigenvalue weighted by molar-refractivity contribution is 7.11. The average molecular weight is 238 g/mol. The third-order valence-electron chi connectivity index (χ3n) is 3.52. The van der Waals surface area contributed by atoms with Gasteiger partial charge in [-0.05, 0) is 19.3 Å². The SMILES string of the molecule is c1nc(C2CCC2)sc1CNC1CCOC1. The Morgan fingerprint density at radius 1 is 1.44 bits per heavy atom. The molecule has 2 fully saturated rings. The van der Waals surface area contributed by atoms with Gasteiger partial charge in [0, 0.05) is 36.2 Å². The Hall–Kier alpha value is -0.450. The summed E-state index contributed by atoms with van der Waals surface area (Å²) in [6.07, 6.45) is 7.26. The quantitative estimate of drug-likeness (QED) is 0.874. The largest absolute Gasteiger partial charge is 0.380 e. The molecule has 4 heteroatoms. The van der Waals surface area contributed by atoms with E-state index in [2.05, 4.69) is 10.3 Å². The van der Waals surface area contributed by atoms with Crippen LogP contribution >= 0.6 is 11.3 Å². The lowest BCUT2D eigenvalue weighted by Crippen LogP contribution is -2.28. The number of nitrogens with zero attached hydrogens (tertiary/aromatic N) is 1. The van der Waals surface area contributed by atoms with Crippen LogP contribution in [0.2, 0.25) is 0 Å². The summed E-state index contributed by atoms with van der Waals surface area (Å²) in [5, 5.41) is 4.88. The molecule has 16 heavy (non-hydrogen) atoms. The Balaban J connectivity index is 1.51. The predicted octanol–water partition coefficient (Wildman–Crippen LogP) is 2.29. The predicted molar refractivity (Wildman–Crippen MR) is 64.8 cm³/mol. The van der Waals surface area contributed by atoms with Gasteiger partial charge in [-0.25, -0.2) is 4.98 Å². The van der Waals surface area contributed by atoms with Crippen LogP contribution in [0.15, 0.2) is 6.20 Å². The van der Waals surface area contributed by atoms with Gasteiger partial charge >= 0.3 is 0 Å². The van der Waals surface area contributed by atoms with E-state index in [-0.39, 0.29) is 0 Å². The van der Waals surface area contributed by atoms with E-state index in [1.54, 1.807) is 0 Å². The van der Waals surface area contributed by atoms with Gasteiger partial charge in [0.1, 0.15) is 0 Å². The summed E-state index contributed by atoms with van der Waals surface area (Å²) in [7, 11) is 0.